The van der Waals surface area contributed by atoms with E-state index >= 15 is 0 Å². The van der Waals surface area contributed by atoms with Crippen molar-refractivity contribution in [2.24, 2.45) is 4.99 Å². The maximum atomic E-state index is 12.5. The van der Waals surface area contributed by atoms with Crippen LogP contribution in [0.2, 0.25) is 0 Å². The molecule has 1 aliphatic heterocycles. The second kappa shape index (κ2) is 7.58. The Morgan fingerprint density at radius 3 is 2.77 bits per heavy atom. The van der Waals surface area contributed by atoms with Gasteiger partial charge in [0.05, 0.1) is 16.8 Å². The van der Waals surface area contributed by atoms with Crippen LogP contribution in [0.3, 0.4) is 0 Å². The number of nitrogens with zero attached hydrogens (tertiary/aromatic N) is 2. The Balaban J connectivity index is 1.42. The van der Waals surface area contributed by atoms with Gasteiger partial charge in [0.15, 0.2) is 22.9 Å². The van der Waals surface area contributed by atoms with Crippen molar-refractivity contribution in [2.45, 2.75) is 6.54 Å². The molecule has 0 bridgehead atoms. The van der Waals surface area contributed by atoms with E-state index in [0.29, 0.717) is 22.0 Å². The number of hydrogen-bond donors (Lipinski definition) is 0. The Morgan fingerprint density at radius 2 is 1.93 bits per heavy atom. The average Bonchev–Trinajstić information content (AvgIpc) is 3.35. The van der Waals surface area contributed by atoms with Crippen LogP contribution in [-0.2, 0) is 11.3 Å². The minimum absolute atomic E-state index is 0.161. The maximum absolute atomic E-state index is 12.5. The van der Waals surface area contributed by atoms with Crippen molar-refractivity contribution in [3.8, 4) is 29.6 Å². The number of hydrogen-bond acceptors (Lipinski definition) is 5. The molecule has 30 heavy (non-hydrogen) atoms. The predicted molar refractivity (Wildman–Crippen MR) is 115 cm³/mol. The zero-order valence-corrected chi connectivity index (χ0v) is 16.6. The van der Waals surface area contributed by atoms with Crippen LogP contribution in [0.15, 0.2) is 59.6 Å². The Morgan fingerprint density at radius 1 is 1.13 bits per heavy atom. The molecule has 6 nitrogen and oxygen atoms in total. The van der Waals surface area contributed by atoms with Crippen LogP contribution in [-0.4, -0.2) is 23.9 Å². The molecule has 3 aromatic carbocycles. The monoisotopic (exact) mass is 416 g/mol. The van der Waals surface area contributed by atoms with Gasteiger partial charge in [-0.05, 0) is 22.9 Å². The quantitative estimate of drug-likeness (QED) is 0.476. The lowest BCUT2D eigenvalue weighted by atomic mass is 10.1. The van der Waals surface area contributed by atoms with Gasteiger partial charge < -0.3 is 18.8 Å². The first kappa shape index (κ1) is 18.3. The summed E-state index contributed by atoms with van der Waals surface area (Å²) in [5, 5.41) is 2.16. The van der Waals surface area contributed by atoms with Gasteiger partial charge in [-0.3, -0.25) is 4.79 Å². The third-order valence-electron chi connectivity index (χ3n) is 4.73. The Hall–Kier alpha value is -3.76. The number of amides is 1. The van der Waals surface area contributed by atoms with E-state index in [1.165, 1.54) is 11.3 Å². The van der Waals surface area contributed by atoms with E-state index in [0.717, 1.165) is 21.0 Å². The molecule has 2 heterocycles. The summed E-state index contributed by atoms with van der Waals surface area (Å²) in [6.07, 6.45) is 5.53. The molecule has 0 N–H and O–H groups in total. The fraction of sp³-hybridized carbons (Fsp3) is 0.130. The summed E-state index contributed by atoms with van der Waals surface area (Å²) < 4.78 is 19.3. The van der Waals surface area contributed by atoms with E-state index in [9.17, 15) is 4.79 Å². The molecule has 0 aliphatic carbocycles. The van der Waals surface area contributed by atoms with Crippen molar-refractivity contribution in [1.82, 2.24) is 4.57 Å². The van der Waals surface area contributed by atoms with Gasteiger partial charge in [-0.15, -0.1) is 6.42 Å². The summed E-state index contributed by atoms with van der Waals surface area (Å²) in [5.74, 6) is 4.18. The zero-order valence-electron chi connectivity index (χ0n) is 15.8. The van der Waals surface area contributed by atoms with Crippen molar-refractivity contribution in [3.63, 3.8) is 0 Å². The molecule has 0 saturated heterocycles. The number of ether oxygens (including phenoxy) is 3. The second-order valence-electron chi connectivity index (χ2n) is 6.65. The minimum atomic E-state index is -0.388. The van der Waals surface area contributed by atoms with Crippen LogP contribution >= 0.6 is 11.3 Å². The molecule has 1 aromatic heterocycles. The van der Waals surface area contributed by atoms with E-state index in [2.05, 4.69) is 10.9 Å². The van der Waals surface area contributed by atoms with Gasteiger partial charge in [-0.2, -0.15) is 4.99 Å². The third-order valence-corrected chi connectivity index (χ3v) is 5.77. The summed E-state index contributed by atoms with van der Waals surface area (Å²) in [7, 11) is 0. The van der Waals surface area contributed by atoms with Crippen molar-refractivity contribution in [2.75, 3.05) is 13.4 Å². The van der Waals surface area contributed by atoms with Gasteiger partial charge in [-0.25, -0.2) is 0 Å². The summed E-state index contributed by atoms with van der Waals surface area (Å²) in [5.41, 5.74) is 0.851. The standard InChI is InChI=1S/C23H16N2O4S/c1-2-9-25-18-11-19-20(29-14-28-19)12-21(18)30-23(25)24-22(26)13-27-17-8-7-15-5-3-4-6-16(15)10-17/h1,3-8,10-12H,9,13-14H2. The highest BCUT2D eigenvalue weighted by atomic mass is 32.1. The number of terminal acetylenes is 1. The van der Waals surface area contributed by atoms with E-state index in [4.69, 9.17) is 20.6 Å². The number of thiazole rings is 1. The number of fused-ring (bicyclic) bond motifs is 3. The number of benzene rings is 3. The molecule has 7 heteroatoms. The maximum Gasteiger partial charge on any atom is 0.286 e. The second-order valence-corrected chi connectivity index (χ2v) is 7.66. The lowest BCUT2D eigenvalue weighted by Crippen LogP contribution is -2.19. The Kier molecular flexibility index (Phi) is 4.62. The molecule has 0 fully saturated rings. The number of carbonyl (C=O) groups excluding carboxylic acids is 1. The Labute approximate surface area is 176 Å². The molecule has 4 aromatic rings. The first-order valence-electron chi connectivity index (χ1n) is 9.27. The minimum Gasteiger partial charge on any atom is -0.484 e. The van der Waals surface area contributed by atoms with Gasteiger partial charge in [0.25, 0.3) is 5.91 Å². The Bertz CT molecular complexity index is 1390. The van der Waals surface area contributed by atoms with E-state index in [1.54, 1.807) is 0 Å². The predicted octanol–water partition coefficient (Wildman–Crippen LogP) is 3.72. The molecule has 0 radical (unpaired) electrons. The molecule has 1 amide bonds. The largest absolute Gasteiger partial charge is 0.484 e. The highest BCUT2D eigenvalue weighted by molar-refractivity contribution is 7.16. The fourth-order valence-electron chi connectivity index (χ4n) is 3.33. The fourth-order valence-corrected chi connectivity index (χ4v) is 4.39. The van der Waals surface area contributed by atoms with Gasteiger partial charge in [-0.1, -0.05) is 47.6 Å². The molecule has 0 saturated carbocycles. The molecular formula is C23H16N2O4S. The number of carbonyl (C=O) groups is 1. The molecule has 5 rings (SSSR count). The van der Waals surface area contributed by atoms with Crippen LogP contribution in [0.1, 0.15) is 0 Å². The lowest BCUT2D eigenvalue weighted by Gasteiger charge is -2.05. The van der Waals surface area contributed by atoms with Gasteiger partial charge in [0, 0.05) is 12.1 Å². The van der Waals surface area contributed by atoms with E-state index < -0.39 is 0 Å². The highest BCUT2D eigenvalue weighted by Gasteiger charge is 2.17. The molecule has 1 aliphatic rings. The van der Waals surface area contributed by atoms with Crippen LogP contribution in [0, 0.1) is 12.3 Å². The summed E-state index contributed by atoms with van der Waals surface area (Å²) in [4.78, 5) is 17.2. The molecule has 148 valence electrons. The van der Waals surface area contributed by atoms with Crippen molar-refractivity contribution in [1.29, 1.82) is 0 Å². The van der Waals surface area contributed by atoms with Gasteiger partial charge >= 0.3 is 0 Å². The van der Waals surface area contributed by atoms with Crippen LogP contribution in [0.4, 0.5) is 0 Å². The van der Waals surface area contributed by atoms with Crippen molar-refractivity contribution >= 4 is 38.2 Å². The van der Waals surface area contributed by atoms with Crippen molar-refractivity contribution < 1.29 is 19.0 Å². The summed E-state index contributed by atoms with van der Waals surface area (Å²) in [6, 6.07) is 17.4. The zero-order chi connectivity index (χ0) is 20.5. The van der Waals surface area contributed by atoms with Crippen LogP contribution < -0.4 is 19.0 Å². The molecular weight excluding hydrogens is 400 g/mol. The van der Waals surface area contributed by atoms with Crippen molar-refractivity contribution in [3.05, 3.63) is 59.4 Å². The smallest absolute Gasteiger partial charge is 0.286 e. The third kappa shape index (κ3) is 3.38. The molecule has 0 unspecified atom stereocenters. The topological polar surface area (TPSA) is 62.1 Å². The molecule has 0 atom stereocenters. The summed E-state index contributed by atoms with van der Waals surface area (Å²) in [6.45, 7) is 0.326. The van der Waals surface area contributed by atoms with Crippen LogP contribution in [0.25, 0.3) is 21.0 Å². The number of aromatic nitrogens is 1. The highest BCUT2D eigenvalue weighted by Crippen LogP contribution is 2.36. The first-order valence-corrected chi connectivity index (χ1v) is 10.1. The first-order chi connectivity index (χ1) is 14.7. The van der Waals surface area contributed by atoms with E-state index in [1.807, 2.05) is 59.2 Å². The van der Waals surface area contributed by atoms with Gasteiger partial charge in [0.1, 0.15) is 5.75 Å². The van der Waals surface area contributed by atoms with E-state index in [-0.39, 0.29) is 25.9 Å². The number of rotatable bonds is 4. The lowest BCUT2D eigenvalue weighted by molar-refractivity contribution is -0.120. The summed E-state index contributed by atoms with van der Waals surface area (Å²) >= 11 is 1.37. The SMILES string of the molecule is C#CCn1c(=NC(=O)COc2ccc3ccccc3c2)sc2cc3c(cc21)OCO3. The van der Waals surface area contributed by atoms with Gasteiger partial charge in [0.2, 0.25) is 6.79 Å². The van der Waals surface area contributed by atoms with Crippen LogP contribution in [0.5, 0.6) is 17.2 Å². The molecule has 0 spiro atoms. The average molecular weight is 416 g/mol. The normalized spacial score (nSPS) is 13.0.